The zero-order valence-electron chi connectivity index (χ0n) is 16.0. The van der Waals surface area contributed by atoms with Crippen LogP contribution in [-0.4, -0.2) is 5.91 Å². The number of rotatable bonds is 5. The predicted molar refractivity (Wildman–Crippen MR) is 117 cm³/mol. The van der Waals surface area contributed by atoms with Crippen molar-refractivity contribution in [2.75, 3.05) is 5.32 Å². The Bertz CT molecular complexity index is 1170. The molecule has 0 aliphatic heterocycles. The van der Waals surface area contributed by atoms with E-state index in [-0.39, 0.29) is 5.91 Å². The van der Waals surface area contributed by atoms with Crippen LogP contribution in [0.3, 0.4) is 0 Å². The maximum atomic E-state index is 12.8. The van der Waals surface area contributed by atoms with Gasteiger partial charge in [0.25, 0.3) is 5.91 Å². The molecule has 0 fully saturated rings. The van der Waals surface area contributed by atoms with Gasteiger partial charge in [0.15, 0.2) is 0 Å². The number of carbonyl (C=O) groups excluding carboxylic acids is 1. The van der Waals surface area contributed by atoms with Crippen molar-refractivity contribution < 1.29 is 9.53 Å². The molecular weight excluding hydrogens is 358 g/mol. The van der Waals surface area contributed by atoms with Crippen LogP contribution in [0.2, 0.25) is 0 Å². The summed E-state index contributed by atoms with van der Waals surface area (Å²) in [6, 6.07) is 27.8. The number of aryl methyl sites for hydroxylation is 2. The van der Waals surface area contributed by atoms with E-state index < -0.39 is 0 Å². The first kappa shape index (κ1) is 17.5. The van der Waals surface area contributed by atoms with Crippen LogP contribution in [0.15, 0.2) is 84.9 Å². The fraction of sp³-hybridized carbons (Fsp3) is 0.115. The number of benzene rings is 4. The third-order valence-corrected chi connectivity index (χ3v) is 5.49. The number of amides is 1. The summed E-state index contributed by atoms with van der Waals surface area (Å²) in [7, 11) is 0. The number of nitrogens with one attached hydrogen (secondary N) is 1. The van der Waals surface area contributed by atoms with Crippen molar-refractivity contribution in [3.63, 3.8) is 0 Å². The molecule has 3 nitrogen and oxygen atoms in total. The van der Waals surface area contributed by atoms with Crippen LogP contribution in [0.1, 0.15) is 27.0 Å². The minimum atomic E-state index is -0.113. The average molecular weight is 379 g/mol. The molecule has 0 saturated heterocycles. The molecule has 0 bridgehead atoms. The molecule has 142 valence electrons. The number of anilines is 1. The maximum Gasteiger partial charge on any atom is 0.255 e. The van der Waals surface area contributed by atoms with Crippen LogP contribution in [-0.2, 0) is 19.4 Å². The second-order valence-corrected chi connectivity index (χ2v) is 7.36. The Balaban J connectivity index is 1.31. The fourth-order valence-corrected chi connectivity index (χ4v) is 3.99. The second kappa shape index (κ2) is 7.44. The van der Waals surface area contributed by atoms with Crippen LogP contribution in [0.5, 0.6) is 5.75 Å². The molecule has 0 radical (unpaired) electrons. The first-order valence-corrected chi connectivity index (χ1v) is 9.89. The lowest BCUT2D eigenvalue weighted by molar-refractivity contribution is 0.102. The molecule has 0 atom stereocenters. The largest absolute Gasteiger partial charge is 0.489 e. The van der Waals surface area contributed by atoms with Gasteiger partial charge in [0.05, 0.1) is 0 Å². The third-order valence-electron chi connectivity index (χ3n) is 5.49. The van der Waals surface area contributed by atoms with E-state index in [2.05, 4.69) is 29.6 Å². The van der Waals surface area contributed by atoms with Gasteiger partial charge in [-0.2, -0.15) is 0 Å². The number of hydrogen-bond donors (Lipinski definition) is 1. The highest BCUT2D eigenvalue weighted by Crippen LogP contribution is 2.35. The van der Waals surface area contributed by atoms with E-state index in [0.29, 0.717) is 12.2 Å². The van der Waals surface area contributed by atoms with Crippen LogP contribution in [0, 0.1) is 0 Å². The van der Waals surface area contributed by atoms with Gasteiger partial charge in [-0.15, -0.1) is 0 Å². The van der Waals surface area contributed by atoms with E-state index in [1.807, 2.05) is 48.5 Å². The number of carbonyl (C=O) groups is 1. The van der Waals surface area contributed by atoms with E-state index in [9.17, 15) is 4.79 Å². The summed E-state index contributed by atoms with van der Waals surface area (Å²) in [5, 5.41) is 5.50. The Hall–Kier alpha value is -3.59. The molecule has 1 aliphatic carbocycles. The van der Waals surface area contributed by atoms with Crippen LogP contribution in [0.4, 0.5) is 5.69 Å². The van der Waals surface area contributed by atoms with Gasteiger partial charge in [-0.05, 0) is 65.3 Å². The van der Waals surface area contributed by atoms with E-state index in [1.54, 1.807) is 12.1 Å². The average Bonchev–Trinajstić information content (AvgIpc) is 3.20. The zero-order valence-corrected chi connectivity index (χ0v) is 16.0. The SMILES string of the molecule is O=C(Nc1ccc2c3c(cccc13)CC2)c1ccc(OCc2ccccc2)cc1. The van der Waals surface area contributed by atoms with Gasteiger partial charge in [0, 0.05) is 16.6 Å². The van der Waals surface area contributed by atoms with Gasteiger partial charge in [-0.1, -0.05) is 54.6 Å². The van der Waals surface area contributed by atoms with Gasteiger partial charge in [-0.25, -0.2) is 0 Å². The quantitative estimate of drug-likeness (QED) is 0.478. The number of hydrogen-bond acceptors (Lipinski definition) is 2. The zero-order chi connectivity index (χ0) is 19.6. The highest BCUT2D eigenvalue weighted by molar-refractivity contribution is 6.10. The first-order valence-electron chi connectivity index (χ1n) is 9.89. The van der Waals surface area contributed by atoms with Crippen LogP contribution in [0.25, 0.3) is 10.8 Å². The van der Waals surface area contributed by atoms with Gasteiger partial charge in [-0.3, -0.25) is 4.79 Å². The van der Waals surface area contributed by atoms with Crippen molar-refractivity contribution in [3.05, 3.63) is 107 Å². The second-order valence-electron chi connectivity index (χ2n) is 7.36. The minimum Gasteiger partial charge on any atom is -0.489 e. The Kier molecular flexibility index (Phi) is 4.49. The summed E-state index contributed by atoms with van der Waals surface area (Å²) in [4.78, 5) is 12.8. The lowest BCUT2D eigenvalue weighted by Gasteiger charge is -2.11. The molecule has 5 rings (SSSR count). The van der Waals surface area contributed by atoms with Crippen molar-refractivity contribution in [2.24, 2.45) is 0 Å². The van der Waals surface area contributed by atoms with E-state index >= 15 is 0 Å². The van der Waals surface area contributed by atoms with Crippen molar-refractivity contribution in [1.29, 1.82) is 0 Å². The Morgan fingerprint density at radius 2 is 1.55 bits per heavy atom. The van der Waals surface area contributed by atoms with Gasteiger partial charge in [0.1, 0.15) is 12.4 Å². The predicted octanol–water partition coefficient (Wildman–Crippen LogP) is 5.77. The molecule has 4 aromatic carbocycles. The smallest absolute Gasteiger partial charge is 0.255 e. The van der Waals surface area contributed by atoms with Gasteiger partial charge in [0.2, 0.25) is 0 Å². The first-order chi connectivity index (χ1) is 14.3. The molecule has 0 unspecified atom stereocenters. The monoisotopic (exact) mass is 379 g/mol. The van der Waals surface area contributed by atoms with Crippen LogP contribution < -0.4 is 10.1 Å². The van der Waals surface area contributed by atoms with Crippen molar-refractivity contribution in [2.45, 2.75) is 19.4 Å². The van der Waals surface area contributed by atoms with E-state index in [0.717, 1.165) is 35.2 Å². The van der Waals surface area contributed by atoms with Gasteiger partial charge >= 0.3 is 0 Å². The summed E-state index contributed by atoms with van der Waals surface area (Å²) >= 11 is 0. The lowest BCUT2D eigenvalue weighted by atomic mass is 10.0. The molecule has 29 heavy (non-hydrogen) atoms. The highest BCUT2D eigenvalue weighted by Gasteiger charge is 2.17. The van der Waals surface area contributed by atoms with Crippen molar-refractivity contribution in [1.82, 2.24) is 0 Å². The molecule has 0 aromatic heterocycles. The summed E-state index contributed by atoms with van der Waals surface area (Å²) < 4.78 is 5.80. The van der Waals surface area contributed by atoms with E-state index in [1.165, 1.54) is 16.5 Å². The lowest BCUT2D eigenvalue weighted by Crippen LogP contribution is -2.12. The molecule has 0 spiro atoms. The van der Waals surface area contributed by atoms with Gasteiger partial charge < -0.3 is 10.1 Å². The third kappa shape index (κ3) is 3.47. The molecule has 1 amide bonds. The fourth-order valence-electron chi connectivity index (χ4n) is 3.99. The van der Waals surface area contributed by atoms with Crippen molar-refractivity contribution >= 4 is 22.4 Å². The minimum absolute atomic E-state index is 0.113. The summed E-state index contributed by atoms with van der Waals surface area (Å²) in [6.07, 6.45) is 2.16. The molecule has 0 heterocycles. The standard InChI is InChI=1S/C26H21NO2/c28-26(21-11-14-22(15-12-21)29-17-18-5-2-1-3-6-18)27-24-16-13-20-10-9-19-7-4-8-23(24)25(19)20/h1-8,11-16H,9-10,17H2,(H,27,28). The molecule has 1 N–H and O–H groups in total. The van der Waals surface area contributed by atoms with Crippen LogP contribution >= 0.6 is 0 Å². The van der Waals surface area contributed by atoms with Crippen molar-refractivity contribution in [3.8, 4) is 5.75 Å². The normalized spacial score (nSPS) is 12.1. The molecule has 1 aliphatic rings. The highest BCUT2D eigenvalue weighted by atomic mass is 16.5. The molecule has 4 aromatic rings. The summed E-state index contributed by atoms with van der Waals surface area (Å²) in [5.41, 5.74) is 5.32. The molecule has 3 heteroatoms. The van der Waals surface area contributed by atoms with E-state index in [4.69, 9.17) is 4.74 Å². The Morgan fingerprint density at radius 3 is 2.34 bits per heavy atom. The number of ether oxygens (including phenoxy) is 1. The Morgan fingerprint density at radius 1 is 0.793 bits per heavy atom. The topological polar surface area (TPSA) is 38.3 Å². The molecule has 0 saturated carbocycles. The molecular formula is C26H21NO2. The summed E-state index contributed by atoms with van der Waals surface area (Å²) in [6.45, 7) is 0.507. The Labute approximate surface area is 170 Å². The summed E-state index contributed by atoms with van der Waals surface area (Å²) in [5.74, 6) is 0.633. The maximum absolute atomic E-state index is 12.8.